The third-order valence-corrected chi connectivity index (χ3v) is 3.65. The molecule has 0 saturated heterocycles. The van der Waals surface area contributed by atoms with Gasteiger partial charge in [0.1, 0.15) is 0 Å². The van der Waals surface area contributed by atoms with Gasteiger partial charge >= 0.3 is 0 Å². The molecule has 1 rings (SSSR count). The van der Waals surface area contributed by atoms with Crippen molar-refractivity contribution in [3.63, 3.8) is 0 Å². The first kappa shape index (κ1) is 14.8. The normalized spacial score (nSPS) is 20.8. The van der Waals surface area contributed by atoms with E-state index in [0.717, 1.165) is 12.8 Å². The van der Waals surface area contributed by atoms with Gasteiger partial charge in [-0.25, -0.2) is 0 Å². The number of hydrogen-bond donors (Lipinski definition) is 3. The van der Waals surface area contributed by atoms with Gasteiger partial charge in [-0.1, -0.05) is 44.2 Å². The molecule has 0 aromatic rings. The van der Waals surface area contributed by atoms with E-state index >= 15 is 0 Å². The average Bonchev–Trinajstić information content (AvgIpc) is 2.33. The summed E-state index contributed by atoms with van der Waals surface area (Å²) in [6.07, 6.45) is 8.79. The molecule has 1 saturated carbocycles. The van der Waals surface area contributed by atoms with Crippen LogP contribution in [0, 0.1) is 5.92 Å². The van der Waals surface area contributed by atoms with E-state index in [0.29, 0.717) is 6.42 Å². The van der Waals surface area contributed by atoms with Crippen LogP contribution in [0.1, 0.15) is 58.3 Å². The van der Waals surface area contributed by atoms with Crippen molar-refractivity contribution >= 4 is 11.7 Å². The SMILES string of the molecule is CCC(C(=O)NC1CCCCCCC1)C(N)=NO. The minimum Gasteiger partial charge on any atom is -0.409 e. The van der Waals surface area contributed by atoms with Crippen LogP contribution in [0.2, 0.25) is 0 Å². The van der Waals surface area contributed by atoms with Crippen LogP contribution in [0.15, 0.2) is 5.16 Å². The summed E-state index contributed by atoms with van der Waals surface area (Å²) in [5.41, 5.74) is 5.53. The Labute approximate surface area is 109 Å². The van der Waals surface area contributed by atoms with Crippen molar-refractivity contribution in [2.75, 3.05) is 0 Å². The Morgan fingerprint density at radius 1 is 1.33 bits per heavy atom. The highest BCUT2D eigenvalue weighted by atomic mass is 16.4. The summed E-state index contributed by atoms with van der Waals surface area (Å²) in [4.78, 5) is 12.1. The van der Waals surface area contributed by atoms with Gasteiger partial charge in [0.2, 0.25) is 5.91 Å². The Kier molecular flexibility index (Phi) is 6.54. The van der Waals surface area contributed by atoms with E-state index in [4.69, 9.17) is 10.9 Å². The maximum Gasteiger partial charge on any atom is 0.231 e. The van der Waals surface area contributed by atoms with E-state index in [1.54, 1.807) is 0 Å². The zero-order valence-corrected chi connectivity index (χ0v) is 11.2. The Bertz CT molecular complexity index is 284. The van der Waals surface area contributed by atoms with Gasteiger partial charge < -0.3 is 16.3 Å². The van der Waals surface area contributed by atoms with Crippen LogP contribution in [0.5, 0.6) is 0 Å². The number of hydrogen-bond acceptors (Lipinski definition) is 3. The number of nitrogens with two attached hydrogens (primary N) is 1. The topological polar surface area (TPSA) is 87.7 Å². The van der Waals surface area contributed by atoms with Crippen LogP contribution in [0.4, 0.5) is 0 Å². The molecule has 5 nitrogen and oxygen atoms in total. The molecule has 0 spiro atoms. The van der Waals surface area contributed by atoms with Gasteiger partial charge in [0.25, 0.3) is 0 Å². The van der Waals surface area contributed by atoms with E-state index < -0.39 is 5.92 Å². The minimum atomic E-state index is -0.513. The lowest BCUT2D eigenvalue weighted by molar-refractivity contribution is -0.124. The number of amidine groups is 1. The molecule has 1 aliphatic rings. The number of oxime groups is 1. The highest BCUT2D eigenvalue weighted by Crippen LogP contribution is 2.17. The van der Waals surface area contributed by atoms with Gasteiger partial charge in [-0.2, -0.15) is 0 Å². The minimum absolute atomic E-state index is 0.000782. The molecule has 0 bridgehead atoms. The number of carbonyl (C=O) groups excluding carboxylic acids is 1. The standard InChI is InChI=1S/C13H25N3O2/c1-2-11(12(14)16-18)13(17)15-10-8-6-4-3-5-7-9-10/h10-11,18H,2-9H2,1H3,(H2,14,16)(H,15,17). The maximum absolute atomic E-state index is 12.1. The van der Waals surface area contributed by atoms with Crippen molar-refractivity contribution in [1.82, 2.24) is 5.32 Å². The van der Waals surface area contributed by atoms with Gasteiger partial charge in [-0.05, 0) is 19.3 Å². The lowest BCUT2D eigenvalue weighted by Crippen LogP contribution is -2.43. The van der Waals surface area contributed by atoms with Crippen molar-refractivity contribution in [2.24, 2.45) is 16.8 Å². The number of rotatable bonds is 4. The summed E-state index contributed by atoms with van der Waals surface area (Å²) in [5.74, 6) is -0.625. The molecule has 18 heavy (non-hydrogen) atoms. The van der Waals surface area contributed by atoms with E-state index in [1.807, 2.05) is 6.92 Å². The lowest BCUT2D eigenvalue weighted by Gasteiger charge is -2.23. The molecule has 1 fully saturated rings. The van der Waals surface area contributed by atoms with Gasteiger partial charge in [0.15, 0.2) is 5.84 Å². The summed E-state index contributed by atoms with van der Waals surface area (Å²) in [6, 6.07) is 0.248. The zero-order valence-electron chi connectivity index (χ0n) is 11.2. The van der Waals surface area contributed by atoms with Crippen molar-refractivity contribution in [3.8, 4) is 0 Å². The van der Waals surface area contributed by atoms with Crippen molar-refractivity contribution in [1.29, 1.82) is 0 Å². The second kappa shape index (κ2) is 7.95. The first-order valence-corrected chi connectivity index (χ1v) is 6.96. The van der Waals surface area contributed by atoms with Crippen molar-refractivity contribution in [3.05, 3.63) is 0 Å². The zero-order chi connectivity index (χ0) is 13.4. The largest absolute Gasteiger partial charge is 0.409 e. The summed E-state index contributed by atoms with van der Waals surface area (Å²) in [5, 5.41) is 14.6. The number of amides is 1. The molecule has 4 N–H and O–H groups in total. The molecule has 0 aromatic heterocycles. The van der Waals surface area contributed by atoms with Crippen LogP contribution in [-0.4, -0.2) is 23.0 Å². The van der Waals surface area contributed by atoms with Crippen LogP contribution in [-0.2, 0) is 4.79 Å². The molecule has 1 aliphatic carbocycles. The summed E-state index contributed by atoms with van der Waals surface area (Å²) in [6.45, 7) is 1.86. The summed E-state index contributed by atoms with van der Waals surface area (Å²) < 4.78 is 0. The van der Waals surface area contributed by atoms with Gasteiger partial charge in [0.05, 0.1) is 5.92 Å². The first-order chi connectivity index (χ1) is 8.69. The highest BCUT2D eigenvalue weighted by molar-refractivity contribution is 6.02. The fourth-order valence-corrected chi connectivity index (χ4v) is 2.50. The maximum atomic E-state index is 12.1. The molecular weight excluding hydrogens is 230 g/mol. The van der Waals surface area contributed by atoms with Crippen molar-refractivity contribution in [2.45, 2.75) is 64.3 Å². The second-order valence-corrected chi connectivity index (χ2v) is 5.04. The molecule has 104 valence electrons. The fourth-order valence-electron chi connectivity index (χ4n) is 2.50. The smallest absolute Gasteiger partial charge is 0.231 e. The Balaban J connectivity index is 2.50. The van der Waals surface area contributed by atoms with Gasteiger partial charge in [-0.3, -0.25) is 4.79 Å². The lowest BCUT2D eigenvalue weighted by atomic mass is 9.95. The van der Waals surface area contributed by atoms with Crippen LogP contribution >= 0.6 is 0 Å². The number of nitrogens with zero attached hydrogens (tertiary/aromatic N) is 1. The third-order valence-electron chi connectivity index (χ3n) is 3.65. The molecule has 0 radical (unpaired) electrons. The van der Waals surface area contributed by atoms with Crippen LogP contribution in [0.3, 0.4) is 0 Å². The molecule has 0 aromatic carbocycles. The quantitative estimate of drug-likeness (QED) is 0.311. The van der Waals surface area contributed by atoms with Crippen molar-refractivity contribution < 1.29 is 10.0 Å². The molecule has 5 heteroatoms. The van der Waals surface area contributed by atoms with Crippen LogP contribution in [0.25, 0.3) is 0 Å². The predicted molar refractivity (Wildman–Crippen MR) is 71.4 cm³/mol. The van der Waals surface area contributed by atoms with E-state index in [9.17, 15) is 4.79 Å². The van der Waals surface area contributed by atoms with E-state index in [2.05, 4.69) is 10.5 Å². The van der Waals surface area contributed by atoms with Gasteiger partial charge in [0, 0.05) is 6.04 Å². The molecule has 1 unspecified atom stereocenters. The molecule has 1 amide bonds. The fraction of sp³-hybridized carbons (Fsp3) is 0.846. The average molecular weight is 255 g/mol. The molecule has 1 atom stereocenters. The first-order valence-electron chi connectivity index (χ1n) is 6.96. The summed E-state index contributed by atoms with van der Waals surface area (Å²) >= 11 is 0. The number of carbonyl (C=O) groups is 1. The Morgan fingerprint density at radius 3 is 2.39 bits per heavy atom. The van der Waals surface area contributed by atoms with Crippen LogP contribution < -0.4 is 11.1 Å². The Morgan fingerprint density at radius 2 is 1.89 bits per heavy atom. The highest BCUT2D eigenvalue weighted by Gasteiger charge is 2.23. The summed E-state index contributed by atoms with van der Waals surface area (Å²) in [7, 11) is 0. The predicted octanol–water partition coefficient (Wildman–Crippen LogP) is 1.99. The van der Waals surface area contributed by atoms with Gasteiger partial charge in [-0.15, -0.1) is 0 Å². The number of nitrogens with one attached hydrogen (secondary N) is 1. The van der Waals surface area contributed by atoms with E-state index in [1.165, 1.54) is 32.1 Å². The molecular formula is C13H25N3O2. The molecule has 0 aliphatic heterocycles. The Hall–Kier alpha value is -1.26. The van der Waals surface area contributed by atoms with E-state index in [-0.39, 0.29) is 17.8 Å². The second-order valence-electron chi connectivity index (χ2n) is 5.04. The third kappa shape index (κ3) is 4.55. The molecule has 0 heterocycles. The monoisotopic (exact) mass is 255 g/mol.